The maximum absolute atomic E-state index is 12.1. The highest BCUT2D eigenvalue weighted by Crippen LogP contribution is 2.38. The minimum Gasteiger partial charge on any atom is -0.500 e. The summed E-state index contributed by atoms with van der Waals surface area (Å²) in [6, 6.07) is 4.63. The van der Waals surface area contributed by atoms with Crippen LogP contribution in [0, 0.1) is 20.2 Å². The van der Waals surface area contributed by atoms with E-state index >= 15 is 0 Å². The second-order valence-electron chi connectivity index (χ2n) is 6.47. The van der Waals surface area contributed by atoms with Crippen LogP contribution in [0.4, 0.5) is 11.4 Å². The maximum atomic E-state index is 12.1. The fourth-order valence-corrected chi connectivity index (χ4v) is 2.68. The zero-order valence-corrected chi connectivity index (χ0v) is 17.4. The van der Waals surface area contributed by atoms with Crippen molar-refractivity contribution >= 4 is 35.1 Å². The van der Waals surface area contributed by atoms with Crippen LogP contribution in [0.15, 0.2) is 36.4 Å². The highest BCUT2D eigenvalue weighted by molar-refractivity contribution is 6.11. The van der Waals surface area contributed by atoms with Crippen molar-refractivity contribution in [1.29, 1.82) is 0 Å². The number of nitro groups is 2. The number of nitrogens with zero attached hydrogens (tertiary/aromatic N) is 2. The molecular weight excluding hydrogens is 440 g/mol. The Balaban J connectivity index is 2.14. The molecule has 172 valence electrons. The molecule has 0 radical (unpaired) electrons. The summed E-state index contributed by atoms with van der Waals surface area (Å²) in [5.74, 6) is -2.86. The number of ether oxygens (including phenoxy) is 2. The fraction of sp³-hybridized carbons (Fsp3) is 0.143. The van der Waals surface area contributed by atoms with E-state index in [4.69, 9.17) is 9.47 Å². The topological polar surface area (TPSA) is 179 Å². The first-order valence-corrected chi connectivity index (χ1v) is 9.10. The number of phenolic OH excluding ortho intramolecular Hbond substituents is 2. The van der Waals surface area contributed by atoms with Crippen LogP contribution >= 0.6 is 0 Å². The van der Waals surface area contributed by atoms with E-state index in [1.807, 2.05) is 0 Å². The van der Waals surface area contributed by atoms with Gasteiger partial charge in [0.1, 0.15) is 0 Å². The highest BCUT2D eigenvalue weighted by atomic mass is 16.6. The van der Waals surface area contributed by atoms with Crippen molar-refractivity contribution in [2.45, 2.75) is 6.42 Å². The van der Waals surface area contributed by atoms with E-state index in [0.29, 0.717) is 0 Å². The molecule has 2 N–H and O–H groups in total. The summed E-state index contributed by atoms with van der Waals surface area (Å²) in [7, 11) is 2.42. The Bertz CT molecular complexity index is 1090. The van der Waals surface area contributed by atoms with E-state index in [0.717, 1.165) is 24.3 Å². The second kappa shape index (κ2) is 10.5. The number of aromatic hydroxyl groups is 2. The van der Waals surface area contributed by atoms with Crippen LogP contribution in [0.5, 0.6) is 23.0 Å². The first-order valence-electron chi connectivity index (χ1n) is 9.10. The third kappa shape index (κ3) is 6.13. The monoisotopic (exact) mass is 458 g/mol. The van der Waals surface area contributed by atoms with E-state index in [9.17, 15) is 40.0 Å². The number of hydrogen-bond acceptors (Lipinski definition) is 10. The normalized spacial score (nSPS) is 11.0. The van der Waals surface area contributed by atoms with E-state index < -0.39 is 50.7 Å². The lowest BCUT2D eigenvalue weighted by atomic mass is 10.1. The molecule has 0 atom stereocenters. The molecule has 0 heterocycles. The van der Waals surface area contributed by atoms with E-state index in [1.54, 1.807) is 0 Å². The summed E-state index contributed by atoms with van der Waals surface area (Å²) in [4.78, 5) is 44.6. The van der Waals surface area contributed by atoms with Crippen LogP contribution in [0.3, 0.4) is 0 Å². The van der Waals surface area contributed by atoms with Crippen LogP contribution in [0.2, 0.25) is 0 Å². The molecule has 0 amide bonds. The minimum atomic E-state index is -0.812. The molecule has 2 rings (SSSR count). The molecule has 0 bridgehead atoms. The van der Waals surface area contributed by atoms with Crippen LogP contribution in [0.1, 0.15) is 17.5 Å². The van der Waals surface area contributed by atoms with Gasteiger partial charge < -0.3 is 19.7 Å². The van der Waals surface area contributed by atoms with Gasteiger partial charge in [0.05, 0.1) is 30.5 Å². The Kier molecular flexibility index (Phi) is 7.82. The van der Waals surface area contributed by atoms with Gasteiger partial charge in [-0.15, -0.1) is 0 Å². The molecule has 0 aromatic heterocycles. The molecule has 2 aromatic carbocycles. The average molecular weight is 458 g/mol. The Morgan fingerprint density at radius 1 is 0.818 bits per heavy atom. The molecule has 12 heteroatoms. The lowest BCUT2D eigenvalue weighted by Crippen LogP contribution is -2.02. The maximum Gasteiger partial charge on any atom is 0.315 e. The summed E-state index contributed by atoms with van der Waals surface area (Å²) in [5, 5.41) is 41.6. The number of methoxy groups -OCH3 is 2. The van der Waals surface area contributed by atoms with Crippen LogP contribution in [0.25, 0.3) is 12.2 Å². The Morgan fingerprint density at radius 3 is 1.48 bits per heavy atom. The van der Waals surface area contributed by atoms with Crippen molar-refractivity contribution in [3.63, 3.8) is 0 Å². The van der Waals surface area contributed by atoms with Gasteiger partial charge in [0.25, 0.3) is 0 Å². The number of hydrogen-bond donors (Lipinski definition) is 2. The van der Waals surface area contributed by atoms with Crippen LogP contribution < -0.4 is 9.47 Å². The lowest BCUT2D eigenvalue weighted by Gasteiger charge is -2.05. The Labute approximate surface area is 186 Å². The molecule has 0 aliphatic carbocycles. The number of rotatable bonds is 10. The summed E-state index contributed by atoms with van der Waals surface area (Å²) >= 11 is 0. The first kappa shape index (κ1) is 24.5. The van der Waals surface area contributed by atoms with Gasteiger partial charge in [-0.05, 0) is 35.4 Å². The van der Waals surface area contributed by atoms with Crippen molar-refractivity contribution in [1.82, 2.24) is 0 Å². The SMILES string of the molecule is COc1cc(C=CC(=O)CC(=O)C=Cc2cc(OC)c(O)c([N+](=O)[O-])c2)cc([N+](=O)[O-])c1O. The molecule has 33 heavy (non-hydrogen) atoms. The number of carbonyl (C=O) groups is 2. The van der Waals surface area contributed by atoms with Crippen molar-refractivity contribution in [3.8, 4) is 23.0 Å². The number of phenols is 2. The summed E-state index contributed by atoms with van der Waals surface area (Å²) in [5.41, 5.74) is -0.842. The summed E-state index contributed by atoms with van der Waals surface area (Å²) in [6.45, 7) is 0. The number of allylic oxidation sites excluding steroid dienone is 2. The molecule has 0 fully saturated rings. The molecular formula is C21H18N2O10. The number of benzene rings is 2. The molecule has 0 spiro atoms. The van der Waals surface area contributed by atoms with Gasteiger partial charge in [-0.25, -0.2) is 0 Å². The summed E-state index contributed by atoms with van der Waals surface area (Å²) < 4.78 is 9.73. The van der Waals surface area contributed by atoms with Gasteiger partial charge in [-0.2, -0.15) is 0 Å². The quantitative estimate of drug-likeness (QED) is 0.232. The predicted octanol–water partition coefficient (Wildman–Crippen LogP) is 3.19. The Morgan fingerprint density at radius 2 is 1.18 bits per heavy atom. The smallest absolute Gasteiger partial charge is 0.315 e. The standard InChI is InChI=1S/C21H18N2O10/c1-32-18-9-12(7-16(20(18)26)22(28)29)3-5-14(24)11-15(25)6-4-13-8-17(23(30)31)21(27)19(10-13)33-2/h3-10,26-27H,11H2,1-2H3. The fourth-order valence-electron chi connectivity index (χ4n) is 2.68. The molecule has 0 aliphatic heterocycles. The van der Waals surface area contributed by atoms with Gasteiger partial charge in [-0.1, -0.05) is 12.2 Å². The zero-order chi connectivity index (χ0) is 24.7. The number of carbonyl (C=O) groups excluding carboxylic acids is 2. The largest absolute Gasteiger partial charge is 0.500 e. The van der Waals surface area contributed by atoms with E-state index in [1.165, 1.54) is 38.5 Å². The average Bonchev–Trinajstić information content (AvgIpc) is 2.77. The highest BCUT2D eigenvalue weighted by Gasteiger charge is 2.20. The zero-order valence-electron chi connectivity index (χ0n) is 17.4. The van der Waals surface area contributed by atoms with E-state index in [-0.39, 0.29) is 22.6 Å². The molecule has 0 saturated heterocycles. The third-order valence-electron chi connectivity index (χ3n) is 4.26. The van der Waals surface area contributed by atoms with E-state index in [2.05, 4.69) is 0 Å². The van der Waals surface area contributed by atoms with Crippen molar-refractivity contribution in [3.05, 3.63) is 67.8 Å². The molecule has 0 saturated carbocycles. The van der Waals surface area contributed by atoms with Gasteiger partial charge in [0.15, 0.2) is 23.1 Å². The van der Waals surface area contributed by atoms with Gasteiger partial charge in [0.2, 0.25) is 11.5 Å². The Hall–Kier alpha value is -4.74. The van der Waals surface area contributed by atoms with Gasteiger partial charge in [0, 0.05) is 12.1 Å². The van der Waals surface area contributed by atoms with Crippen molar-refractivity contribution < 1.29 is 39.1 Å². The summed E-state index contributed by atoms with van der Waals surface area (Å²) in [6.07, 6.45) is 3.98. The van der Waals surface area contributed by atoms with Crippen molar-refractivity contribution in [2.24, 2.45) is 0 Å². The first-order chi connectivity index (χ1) is 15.6. The van der Waals surface area contributed by atoms with Gasteiger partial charge >= 0.3 is 11.4 Å². The number of ketones is 2. The van der Waals surface area contributed by atoms with Crippen LogP contribution in [-0.4, -0.2) is 45.8 Å². The lowest BCUT2D eigenvalue weighted by molar-refractivity contribution is -0.386. The second-order valence-corrected chi connectivity index (χ2v) is 6.47. The molecule has 12 nitrogen and oxygen atoms in total. The minimum absolute atomic E-state index is 0.159. The number of nitro benzene ring substituents is 2. The van der Waals surface area contributed by atoms with Crippen molar-refractivity contribution in [2.75, 3.05) is 14.2 Å². The predicted molar refractivity (Wildman–Crippen MR) is 115 cm³/mol. The van der Waals surface area contributed by atoms with Crippen LogP contribution in [-0.2, 0) is 9.59 Å². The van der Waals surface area contributed by atoms with Gasteiger partial charge in [-0.3, -0.25) is 29.8 Å². The molecule has 0 unspecified atom stereocenters. The molecule has 2 aromatic rings. The third-order valence-corrected chi connectivity index (χ3v) is 4.26. The molecule has 0 aliphatic rings.